The van der Waals surface area contributed by atoms with Crippen molar-refractivity contribution >= 4 is 46.1 Å². The molecule has 4 rings (SSSR count). The van der Waals surface area contributed by atoms with Crippen LogP contribution in [0.4, 0.5) is 15.8 Å². The molecule has 0 bridgehead atoms. The molecule has 0 saturated carbocycles. The first-order chi connectivity index (χ1) is 16.8. The first-order valence-corrected chi connectivity index (χ1v) is 12.2. The summed E-state index contributed by atoms with van der Waals surface area (Å²) < 4.78 is 18.8. The number of piperazine rings is 1. The number of carbonyl (C=O) groups is 1. The van der Waals surface area contributed by atoms with Crippen LogP contribution < -0.4 is 15.0 Å². The van der Waals surface area contributed by atoms with Crippen LogP contribution in [0.15, 0.2) is 60.7 Å². The standard InChI is InChI=1S/C27H27ClFN3O2S/c1-18-3-9-24(19(2)15-18)30-26(33)17-34-25-10-4-20(16-23(25)28)27(35)32-13-11-31(12-14-32)22-7-5-21(29)6-8-22/h3-10,15-16H,11-14,17H2,1-2H3,(H,30,33). The van der Waals surface area contributed by atoms with Gasteiger partial charge in [-0.15, -0.1) is 0 Å². The van der Waals surface area contributed by atoms with E-state index in [1.165, 1.54) is 12.1 Å². The van der Waals surface area contributed by atoms with Gasteiger partial charge < -0.3 is 19.9 Å². The molecule has 1 aliphatic heterocycles. The van der Waals surface area contributed by atoms with Gasteiger partial charge in [0.15, 0.2) is 6.61 Å². The van der Waals surface area contributed by atoms with E-state index in [-0.39, 0.29) is 18.3 Å². The minimum absolute atomic E-state index is 0.151. The summed E-state index contributed by atoms with van der Waals surface area (Å²) in [5.41, 5.74) is 4.72. The van der Waals surface area contributed by atoms with Crippen LogP contribution in [0.1, 0.15) is 16.7 Å². The Morgan fingerprint density at radius 3 is 2.40 bits per heavy atom. The molecule has 0 atom stereocenters. The summed E-state index contributed by atoms with van der Waals surface area (Å²) in [5, 5.41) is 3.26. The van der Waals surface area contributed by atoms with Crippen molar-refractivity contribution in [3.05, 3.63) is 88.2 Å². The maximum Gasteiger partial charge on any atom is 0.262 e. The average molecular weight is 512 g/mol. The number of nitrogens with one attached hydrogen (secondary N) is 1. The number of anilines is 2. The van der Waals surface area contributed by atoms with E-state index in [1.807, 2.05) is 38.1 Å². The second kappa shape index (κ2) is 11.1. The van der Waals surface area contributed by atoms with E-state index in [9.17, 15) is 9.18 Å². The minimum atomic E-state index is -0.258. The van der Waals surface area contributed by atoms with E-state index < -0.39 is 0 Å². The fraction of sp³-hybridized carbons (Fsp3) is 0.259. The molecule has 3 aromatic rings. The first-order valence-electron chi connectivity index (χ1n) is 11.4. The number of carbonyl (C=O) groups excluding carboxylic acids is 1. The highest BCUT2D eigenvalue weighted by molar-refractivity contribution is 7.80. The Morgan fingerprint density at radius 2 is 1.74 bits per heavy atom. The third-order valence-corrected chi connectivity index (χ3v) is 6.74. The van der Waals surface area contributed by atoms with Gasteiger partial charge in [-0.05, 0) is 67.9 Å². The van der Waals surface area contributed by atoms with Crippen molar-refractivity contribution in [2.75, 3.05) is 43.0 Å². The van der Waals surface area contributed by atoms with Crippen LogP contribution in [-0.2, 0) is 4.79 Å². The molecule has 0 unspecified atom stereocenters. The monoisotopic (exact) mass is 511 g/mol. The normalized spacial score (nSPS) is 13.5. The quantitative estimate of drug-likeness (QED) is 0.436. The molecular formula is C27H27ClFN3O2S. The zero-order valence-electron chi connectivity index (χ0n) is 19.7. The van der Waals surface area contributed by atoms with Crippen molar-refractivity contribution in [3.8, 4) is 5.75 Å². The van der Waals surface area contributed by atoms with E-state index in [2.05, 4.69) is 15.1 Å². The van der Waals surface area contributed by atoms with E-state index in [4.69, 9.17) is 28.6 Å². The molecule has 0 aromatic heterocycles. The molecule has 1 amide bonds. The van der Waals surface area contributed by atoms with Gasteiger partial charge >= 0.3 is 0 Å². The zero-order valence-corrected chi connectivity index (χ0v) is 21.3. The molecule has 1 fully saturated rings. The van der Waals surface area contributed by atoms with E-state index >= 15 is 0 Å². The first kappa shape index (κ1) is 24.9. The topological polar surface area (TPSA) is 44.8 Å². The summed E-state index contributed by atoms with van der Waals surface area (Å²) in [5.74, 6) is -0.0679. The predicted molar refractivity (Wildman–Crippen MR) is 143 cm³/mol. The molecular weight excluding hydrogens is 485 g/mol. The fourth-order valence-electron chi connectivity index (χ4n) is 4.04. The highest BCUT2D eigenvalue weighted by atomic mass is 35.5. The van der Waals surface area contributed by atoms with Crippen molar-refractivity contribution in [1.82, 2.24) is 4.90 Å². The lowest BCUT2D eigenvalue weighted by Gasteiger charge is -2.37. The number of halogens is 2. The Balaban J connectivity index is 1.31. The maximum atomic E-state index is 13.2. The molecule has 3 aromatic carbocycles. The Morgan fingerprint density at radius 1 is 1.03 bits per heavy atom. The van der Waals surface area contributed by atoms with Gasteiger partial charge in [-0.25, -0.2) is 4.39 Å². The number of nitrogens with zero attached hydrogens (tertiary/aromatic N) is 2. The Kier molecular flexibility index (Phi) is 7.88. The van der Waals surface area contributed by atoms with Gasteiger partial charge in [-0.3, -0.25) is 4.79 Å². The van der Waals surface area contributed by atoms with Crippen LogP contribution in [-0.4, -0.2) is 48.6 Å². The van der Waals surface area contributed by atoms with Gasteiger partial charge in [0.2, 0.25) is 0 Å². The second-order valence-electron chi connectivity index (χ2n) is 8.56. The number of amides is 1. The molecule has 182 valence electrons. The minimum Gasteiger partial charge on any atom is -0.482 e. The van der Waals surface area contributed by atoms with Crippen LogP contribution >= 0.6 is 23.8 Å². The number of rotatable bonds is 6. The van der Waals surface area contributed by atoms with Crippen LogP contribution in [0, 0.1) is 19.7 Å². The number of aryl methyl sites for hydroxylation is 2. The number of hydrogen-bond acceptors (Lipinski definition) is 4. The lowest BCUT2D eigenvalue weighted by atomic mass is 10.1. The predicted octanol–water partition coefficient (Wildman–Crippen LogP) is 5.61. The number of ether oxygens (including phenoxy) is 1. The van der Waals surface area contributed by atoms with E-state index in [1.54, 1.807) is 24.3 Å². The number of hydrogen-bond donors (Lipinski definition) is 1. The van der Waals surface area contributed by atoms with Crippen LogP contribution in [0.3, 0.4) is 0 Å². The van der Waals surface area contributed by atoms with Crippen LogP contribution in [0.2, 0.25) is 5.02 Å². The maximum absolute atomic E-state index is 13.2. The summed E-state index contributed by atoms with van der Waals surface area (Å²) in [6, 6.07) is 17.8. The van der Waals surface area contributed by atoms with Gasteiger partial charge in [-0.1, -0.05) is 41.5 Å². The van der Waals surface area contributed by atoms with Crippen molar-refractivity contribution < 1.29 is 13.9 Å². The molecule has 5 nitrogen and oxygen atoms in total. The summed E-state index contributed by atoms with van der Waals surface area (Å²) in [6.07, 6.45) is 0. The summed E-state index contributed by atoms with van der Waals surface area (Å²) in [4.78, 5) is 17.4. The summed E-state index contributed by atoms with van der Waals surface area (Å²) in [6.45, 7) is 6.89. The third kappa shape index (κ3) is 6.29. The largest absolute Gasteiger partial charge is 0.482 e. The van der Waals surface area contributed by atoms with E-state index in [0.717, 1.165) is 54.2 Å². The molecule has 0 aliphatic carbocycles. The summed E-state index contributed by atoms with van der Waals surface area (Å²) >= 11 is 12.2. The fourth-order valence-corrected chi connectivity index (χ4v) is 4.58. The molecule has 0 spiro atoms. The second-order valence-corrected chi connectivity index (χ2v) is 9.35. The molecule has 1 N–H and O–H groups in total. The number of thiocarbonyl (C=S) groups is 1. The highest BCUT2D eigenvalue weighted by Gasteiger charge is 2.21. The Bertz CT molecular complexity index is 1230. The Hall–Kier alpha value is -3.16. The smallest absolute Gasteiger partial charge is 0.262 e. The van der Waals surface area contributed by atoms with Crippen molar-refractivity contribution in [2.45, 2.75) is 13.8 Å². The lowest BCUT2D eigenvalue weighted by Crippen LogP contribution is -2.48. The number of benzene rings is 3. The Labute approximate surface area is 215 Å². The molecule has 1 heterocycles. The molecule has 1 aliphatic rings. The van der Waals surface area contributed by atoms with Crippen molar-refractivity contribution in [1.29, 1.82) is 0 Å². The van der Waals surface area contributed by atoms with Crippen LogP contribution in [0.5, 0.6) is 5.75 Å². The zero-order chi connectivity index (χ0) is 24.9. The van der Waals surface area contributed by atoms with Crippen molar-refractivity contribution in [2.24, 2.45) is 0 Å². The van der Waals surface area contributed by atoms with Gasteiger partial charge in [0.25, 0.3) is 5.91 Å². The van der Waals surface area contributed by atoms with Crippen molar-refractivity contribution in [3.63, 3.8) is 0 Å². The SMILES string of the molecule is Cc1ccc(NC(=O)COc2ccc(C(=S)N3CCN(c4ccc(F)cc4)CC3)cc2Cl)c(C)c1. The average Bonchev–Trinajstić information content (AvgIpc) is 2.85. The molecule has 8 heteroatoms. The van der Waals surface area contributed by atoms with Gasteiger partial charge in [0, 0.05) is 43.1 Å². The third-order valence-electron chi connectivity index (χ3n) is 5.95. The highest BCUT2D eigenvalue weighted by Crippen LogP contribution is 2.27. The molecule has 0 radical (unpaired) electrons. The molecule has 1 saturated heterocycles. The lowest BCUT2D eigenvalue weighted by molar-refractivity contribution is -0.118. The molecule has 35 heavy (non-hydrogen) atoms. The summed E-state index contributed by atoms with van der Waals surface area (Å²) in [7, 11) is 0. The van der Waals surface area contributed by atoms with Gasteiger partial charge in [0.05, 0.1) is 5.02 Å². The van der Waals surface area contributed by atoms with Gasteiger partial charge in [0.1, 0.15) is 16.6 Å². The van der Waals surface area contributed by atoms with Gasteiger partial charge in [-0.2, -0.15) is 0 Å². The van der Waals surface area contributed by atoms with E-state index in [0.29, 0.717) is 15.8 Å². The van der Waals surface area contributed by atoms with Crippen LogP contribution in [0.25, 0.3) is 0 Å².